The fourth-order valence-corrected chi connectivity index (χ4v) is 2.25. The largest absolute Gasteiger partial charge is 0.317 e. The van der Waals surface area contributed by atoms with Gasteiger partial charge in [-0.05, 0) is 32.2 Å². The summed E-state index contributed by atoms with van der Waals surface area (Å²) in [4.78, 5) is 4.38. The van der Waals surface area contributed by atoms with Crippen molar-refractivity contribution in [1.29, 1.82) is 0 Å². The van der Waals surface area contributed by atoms with E-state index in [0.29, 0.717) is 6.04 Å². The van der Waals surface area contributed by atoms with E-state index in [0.717, 1.165) is 31.6 Å². The molecule has 0 saturated heterocycles. The third-order valence-electron chi connectivity index (χ3n) is 3.12. The zero-order valence-electron chi connectivity index (χ0n) is 11.8. The molecule has 1 aromatic rings. The fourth-order valence-electron chi connectivity index (χ4n) is 2.25. The lowest BCUT2D eigenvalue weighted by Gasteiger charge is -2.27. The first-order chi connectivity index (χ1) is 7.98. The van der Waals surface area contributed by atoms with E-state index in [1.807, 2.05) is 11.7 Å². The van der Waals surface area contributed by atoms with E-state index in [9.17, 15) is 0 Å². The number of hydrogen-bond donors (Lipinski definition) is 1. The molecule has 0 bridgehead atoms. The Morgan fingerprint density at radius 1 is 1.47 bits per heavy atom. The Morgan fingerprint density at radius 3 is 2.76 bits per heavy atom. The number of nitrogens with one attached hydrogen (secondary N) is 1. The van der Waals surface area contributed by atoms with E-state index < -0.39 is 0 Å². The Kier molecular flexibility index (Phi) is 5.12. The zero-order chi connectivity index (χ0) is 12.9. The molecule has 0 spiro atoms. The predicted molar refractivity (Wildman–Crippen MR) is 70.9 cm³/mol. The molecule has 1 rings (SSSR count). The van der Waals surface area contributed by atoms with E-state index >= 15 is 0 Å². The van der Waals surface area contributed by atoms with Crippen LogP contribution in [0.2, 0.25) is 0 Å². The van der Waals surface area contributed by atoms with Crippen molar-refractivity contribution in [1.82, 2.24) is 20.1 Å². The van der Waals surface area contributed by atoms with Crippen molar-refractivity contribution in [3.63, 3.8) is 0 Å². The minimum absolute atomic E-state index is 0.251. The summed E-state index contributed by atoms with van der Waals surface area (Å²) < 4.78 is 2.03. The minimum atomic E-state index is 0.251. The molecule has 0 aliphatic carbocycles. The van der Waals surface area contributed by atoms with Crippen molar-refractivity contribution >= 4 is 0 Å². The Balaban J connectivity index is 2.65. The number of nitrogens with zero attached hydrogens (tertiary/aromatic N) is 3. The Hall–Kier alpha value is -0.900. The summed E-state index contributed by atoms with van der Waals surface area (Å²) in [5.74, 6) is 1.11. The molecule has 4 nitrogen and oxygen atoms in total. The molecule has 1 N–H and O–H groups in total. The smallest absolute Gasteiger partial charge is 0.138 e. The normalized spacial score (nSPS) is 13.9. The quantitative estimate of drug-likeness (QED) is 0.792. The minimum Gasteiger partial charge on any atom is -0.317 e. The molecular weight excluding hydrogens is 212 g/mol. The van der Waals surface area contributed by atoms with E-state index in [1.165, 1.54) is 0 Å². The van der Waals surface area contributed by atoms with Crippen LogP contribution in [0.15, 0.2) is 6.33 Å². The molecule has 0 amide bonds. The van der Waals surface area contributed by atoms with Gasteiger partial charge in [-0.2, -0.15) is 5.10 Å². The second-order valence-corrected chi connectivity index (χ2v) is 5.63. The maximum absolute atomic E-state index is 4.38. The third kappa shape index (κ3) is 4.46. The Bertz CT molecular complexity index is 330. The van der Waals surface area contributed by atoms with E-state index in [4.69, 9.17) is 0 Å². The van der Waals surface area contributed by atoms with Gasteiger partial charge in [0.1, 0.15) is 12.2 Å². The summed E-state index contributed by atoms with van der Waals surface area (Å²) in [5.41, 5.74) is 0.251. The molecule has 1 aromatic heterocycles. The summed E-state index contributed by atoms with van der Waals surface area (Å²) in [6, 6.07) is 0.535. The molecular formula is C13H26N4. The summed E-state index contributed by atoms with van der Waals surface area (Å²) in [6.45, 7) is 9.95. The molecule has 17 heavy (non-hydrogen) atoms. The highest BCUT2D eigenvalue weighted by molar-refractivity contribution is 4.92. The van der Waals surface area contributed by atoms with Gasteiger partial charge in [0.15, 0.2) is 0 Å². The van der Waals surface area contributed by atoms with Crippen LogP contribution >= 0.6 is 0 Å². The molecule has 4 heteroatoms. The summed E-state index contributed by atoms with van der Waals surface area (Å²) >= 11 is 0. The molecule has 98 valence electrons. The van der Waals surface area contributed by atoms with Crippen LogP contribution in [0.4, 0.5) is 0 Å². The van der Waals surface area contributed by atoms with Crippen molar-refractivity contribution in [2.24, 2.45) is 5.41 Å². The van der Waals surface area contributed by atoms with Crippen LogP contribution in [0.25, 0.3) is 0 Å². The summed E-state index contributed by atoms with van der Waals surface area (Å²) in [6.07, 6.45) is 4.90. The van der Waals surface area contributed by atoms with Crippen molar-refractivity contribution in [2.75, 3.05) is 7.05 Å². The summed E-state index contributed by atoms with van der Waals surface area (Å²) in [7, 11) is 2.01. The van der Waals surface area contributed by atoms with Crippen LogP contribution in [0.3, 0.4) is 0 Å². The molecule has 1 atom stereocenters. The number of aryl methyl sites for hydroxylation is 1. The zero-order valence-corrected chi connectivity index (χ0v) is 11.8. The molecule has 0 fully saturated rings. The van der Waals surface area contributed by atoms with Gasteiger partial charge in [-0.1, -0.05) is 20.8 Å². The SMILES string of the molecule is CCCn1ncnc1CC(C)(C)CC(C)NC. The lowest BCUT2D eigenvalue weighted by molar-refractivity contribution is 0.282. The van der Waals surface area contributed by atoms with Crippen LogP contribution < -0.4 is 5.32 Å². The van der Waals surface area contributed by atoms with Crippen LogP contribution in [0, 0.1) is 5.41 Å². The van der Waals surface area contributed by atoms with Crippen LogP contribution in [0.1, 0.15) is 46.4 Å². The third-order valence-corrected chi connectivity index (χ3v) is 3.12. The predicted octanol–water partition coefficient (Wildman–Crippen LogP) is 2.25. The van der Waals surface area contributed by atoms with Crippen LogP contribution in [-0.2, 0) is 13.0 Å². The van der Waals surface area contributed by atoms with Crippen LogP contribution in [0.5, 0.6) is 0 Å². The van der Waals surface area contributed by atoms with Gasteiger partial charge < -0.3 is 5.32 Å². The molecule has 0 aromatic carbocycles. The van der Waals surface area contributed by atoms with E-state index in [-0.39, 0.29) is 5.41 Å². The van der Waals surface area contributed by atoms with Crippen molar-refractivity contribution < 1.29 is 0 Å². The number of aromatic nitrogens is 3. The average Bonchev–Trinajstić information content (AvgIpc) is 2.65. The van der Waals surface area contributed by atoms with Gasteiger partial charge in [-0.15, -0.1) is 0 Å². The lowest BCUT2D eigenvalue weighted by Crippen LogP contribution is -2.30. The molecule has 0 aliphatic heterocycles. The van der Waals surface area contributed by atoms with Crippen LogP contribution in [-0.4, -0.2) is 27.9 Å². The maximum Gasteiger partial charge on any atom is 0.138 e. The van der Waals surface area contributed by atoms with Crippen molar-refractivity contribution in [3.05, 3.63) is 12.2 Å². The lowest BCUT2D eigenvalue weighted by atomic mass is 9.82. The standard InChI is InChI=1S/C13H26N4/c1-6-7-17-12(15-10-16-17)9-13(3,4)8-11(2)14-5/h10-11,14H,6-9H2,1-5H3. The van der Waals surface area contributed by atoms with Crippen molar-refractivity contribution in [3.8, 4) is 0 Å². The second-order valence-electron chi connectivity index (χ2n) is 5.63. The number of rotatable bonds is 7. The Morgan fingerprint density at radius 2 is 2.18 bits per heavy atom. The van der Waals surface area contributed by atoms with Gasteiger partial charge >= 0.3 is 0 Å². The van der Waals surface area contributed by atoms with Crippen molar-refractivity contribution in [2.45, 2.75) is 59.5 Å². The van der Waals surface area contributed by atoms with Gasteiger partial charge in [0, 0.05) is 19.0 Å². The van der Waals surface area contributed by atoms with E-state index in [2.05, 4.69) is 43.1 Å². The fraction of sp³-hybridized carbons (Fsp3) is 0.846. The highest BCUT2D eigenvalue weighted by atomic mass is 15.3. The van der Waals surface area contributed by atoms with Gasteiger partial charge in [0.05, 0.1) is 0 Å². The molecule has 0 saturated carbocycles. The average molecular weight is 238 g/mol. The molecule has 0 radical (unpaired) electrons. The highest BCUT2D eigenvalue weighted by Crippen LogP contribution is 2.26. The molecule has 1 heterocycles. The summed E-state index contributed by atoms with van der Waals surface area (Å²) in [5, 5.41) is 7.58. The first kappa shape index (κ1) is 14.2. The molecule has 1 unspecified atom stereocenters. The topological polar surface area (TPSA) is 42.7 Å². The number of hydrogen-bond acceptors (Lipinski definition) is 3. The van der Waals surface area contributed by atoms with Gasteiger partial charge in [-0.3, -0.25) is 4.68 Å². The van der Waals surface area contributed by atoms with Gasteiger partial charge in [0.2, 0.25) is 0 Å². The van der Waals surface area contributed by atoms with Gasteiger partial charge in [-0.25, -0.2) is 4.98 Å². The first-order valence-electron chi connectivity index (χ1n) is 6.52. The Labute approximate surface area is 105 Å². The van der Waals surface area contributed by atoms with E-state index in [1.54, 1.807) is 6.33 Å². The monoisotopic (exact) mass is 238 g/mol. The first-order valence-corrected chi connectivity index (χ1v) is 6.52. The molecule has 0 aliphatic rings. The highest BCUT2D eigenvalue weighted by Gasteiger charge is 2.23. The van der Waals surface area contributed by atoms with Gasteiger partial charge in [0.25, 0.3) is 0 Å². The maximum atomic E-state index is 4.38. The second kappa shape index (κ2) is 6.15.